The maximum atomic E-state index is 13.8. The lowest BCUT2D eigenvalue weighted by molar-refractivity contribution is 0.160. The van der Waals surface area contributed by atoms with Gasteiger partial charge in [-0.3, -0.25) is 4.90 Å². The highest BCUT2D eigenvalue weighted by atomic mass is 35.5. The van der Waals surface area contributed by atoms with Crippen molar-refractivity contribution in [2.45, 2.75) is 32.4 Å². The number of nitrogens with zero attached hydrogens (tertiary/aromatic N) is 1. The van der Waals surface area contributed by atoms with Crippen LogP contribution in [0.5, 0.6) is 0 Å². The smallest absolute Gasteiger partial charge is 0.129 e. The fourth-order valence-electron chi connectivity index (χ4n) is 2.56. The van der Waals surface area contributed by atoms with E-state index in [2.05, 4.69) is 17.1 Å². The zero-order valence-corrected chi connectivity index (χ0v) is 11.5. The van der Waals surface area contributed by atoms with Gasteiger partial charge in [-0.1, -0.05) is 24.6 Å². The van der Waals surface area contributed by atoms with Crippen molar-refractivity contribution in [1.82, 2.24) is 10.2 Å². The van der Waals surface area contributed by atoms with Crippen LogP contribution in [0, 0.1) is 5.82 Å². The molecule has 100 valence electrons. The molecule has 18 heavy (non-hydrogen) atoms. The van der Waals surface area contributed by atoms with Crippen LogP contribution >= 0.6 is 11.6 Å². The summed E-state index contributed by atoms with van der Waals surface area (Å²) in [6, 6.07) is 5.43. The predicted molar refractivity (Wildman–Crippen MR) is 73.4 cm³/mol. The summed E-state index contributed by atoms with van der Waals surface area (Å²) in [6.07, 6.45) is 2.25. The Bertz CT molecular complexity index is 371. The van der Waals surface area contributed by atoms with E-state index in [0.29, 0.717) is 23.2 Å². The van der Waals surface area contributed by atoms with Gasteiger partial charge in [-0.2, -0.15) is 0 Å². The fraction of sp³-hybridized carbons (Fsp3) is 0.571. The van der Waals surface area contributed by atoms with Crippen molar-refractivity contribution < 1.29 is 4.39 Å². The maximum absolute atomic E-state index is 13.8. The zero-order chi connectivity index (χ0) is 13.0. The van der Waals surface area contributed by atoms with Crippen molar-refractivity contribution in [2.75, 3.05) is 19.6 Å². The van der Waals surface area contributed by atoms with Crippen LogP contribution in [0.25, 0.3) is 0 Å². The van der Waals surface area contributed by atoms with Crippen molar-refractivity contribution in [3.8, 4) is 0 Å². The summed E-state index contributed by atoms with van der Waals surface area (Å²) in [5.41, 5.74) is 0.625. The van der Waals surface area contributed by atoms with Gasteiger partial charge in [0.2, 0.25) is 0 Å². The average molecular weight is 271 g/mol. The molecule has 0 radical (unpaired) electrons. The Labute approximate surface area is 113 Å². The number of hydrogen-bond donors (Lipinski definition) is 1. The summed E-state index contributed by atoms with van der Waals surface area (Å²) in [7, 11) is 0. The van der Waals surface area contributed by atoms with Crippen LogP contribution in [0.15, 0.2) is 18.2 Å². The highest BCUT2D eigenvalue weighted by molar-refractivity contribution is 6.31. The molecule has 1 aromatic rings. The first kappa shape index (κ1) is 13.8. The molecule has 0 saturated carbocycles. The van der Waals surface area contributed by atoms with E-state index in [1.807, 2.05) is 0 Å². The number of benzene rings is 1. The minimum atomic E-state index is -0.199. The van der Waals surface area contributed by atoms with Crippen LogP contribution in [0.2, 0.25) is 5.02 Å². The molecule has 0 aliphatic carbocycles. The molecule has 2 rings (SSSR count). The molecule has 0 unspecified atom stereocenters. The lowest BCUT2D eigenvalue weighted by atomic mass is 10.0. The van der Waals surface area contributed by atoms with Crippen LogP contribution < -0.4 is 5.32 Å². The molecule has 0 amide bonds. The standard InChI is InChI=1S/C14H20ClFN2/c1-2-18(11-6-8-17-9-7-11)10-12-13(15)4-3-5-14(12)16/h3-5,11,17H,2,6-10H2,1H3. The van der Waals surface area contributed by atoms with E-state index < -0.39 is 0 Å². The molecule has 1 heterocycles. The number of rotatable bonds is 4. The lowest BCUT2D eigenvalue weighted by Gasteiger charge is -2.34. The van der Waals surface area contributed by atoms with E-state index in [0.717, 1.165) is 32.5 Å². The molecule has 0 atom stereocenters. The minimum Gasteiger partial charge on any atom is -0.317 e. The van der Waals surface area contributed by atoms with E-state index >= 15 is 0 Å². The molecule has 2 nitrogen and oxygen atoms in total. The first-order chi connectivity index (χ1) is 8.72. The van der Waals surface area contributed by atoms with Gasteiger partial charge in [0, 0.05) is 23.2 Å². The summed E-state index contributed by atoms with van der Waals surface area (Å²) in [5, 5.41) is 3.88. The maximum Gasteiger partial charge on any atom is 0.129 e. The lowest BCUT2D eigenvalue weighted by Crippen LogP contribution is -2.42. The van der Waals surface area contributed by atoms with Crippen molar-refractivity contribution in [3.63, 3.8) is 0 Å². The van der Waals surface area contributed by atoms with Gasteiger partial charge in [-0.25, -0.2) is 4.39 Å². The van der Waals surface area contributed by atoms with Crippen molar-refractivity contribution >= 4 is 11.6 Å². The first-order valence-corrected chi connectivity index (χ1v) is 6.97. The predicted octanol–water partition coefficient (Wildman–Crippen LogP) is 3.05. The Hall–Kier alpha value is -0.640. The molecule has 1 fully saturated rings. The molecule has 1 saturated heterocycles. The van der Waals surface area contributed by atoms with Crippen LogP contribution in [-0.4, -0.2) is 30.6 Å². The summed E-state index contributed by atoms with van der Waals surface area (Å²) in [4.78, 5) is 2.32. The van der Waals surface area contributed by atoms with Crippen LogP contribution in [0.3, 0.4) is 0 Å². The van der Waals surface area contributed by atoms with Gasteiger partial charge >= 0.3 is 0 Å². The highest BCUT2D eigenvalue weighted by Gasteiger charge is 2.21. The van der Waals surface area contributed by atoms with E-state index in [4.69, 9.17) is 11.6 Å². The van der Waals surface area contributed by atoms with E-state index in [1.54, 1.807) is 12.1 Å². The molecule has 1 N–H and O–H groups in total. The molecule has 1 aromatic carbocycles. The summed E-state index contributed by atoms with van der Waals surface area (Å²) in [6.45, 7) is 5.75. The monoisotopic (exact) mass is 270 g/mol. The molecular formula is C14H20ClFN2. The quantitative estimate of drug-likeness (QED) is 0.905. The minimum absolute atomic E-state index is 0.199. The second-order valence-electron chi connectivity index (χ2n) is 4.74. The molecule has 0 bridgehead atoms. The van der Waals surface area contributed by atoms with Gasteiger partial charge in [0.1, 0.15) is 5.82 Å². The molecular weight excluding hydrogens is 251 g/mol. The third-order valence-corrected chi connectivity index (χ3v) is 4.01. The van der Waals surface area contributed by atoms with Crippen LogP contribution in [0.4, 0.5) is 4.39 Å². The van der Waals surface area contributed by atoms with Gasteiger partial charge in [0.25, 0.3) is 0 Å². The molecule has 0 spiro atoms. The van der Waals surface area contributed by atoms with Gasteiger partial charge in [-0.15, -0.1) is 0 Å². The fourth-order valence-corrected chi connectivity index (χ4v) is 2.78. The number of nitrogens with one attached hydrogen (secondary N) is 1. The van der Waals surface area contributed by atoms with Gasteiger partial charge in [0.15, 0.2) is 0 Å². The topological polar surface area (TPSA) is 15.3 Å². The summed E-state index contributed by atoms with van der Waals surface area (Å²) < 4.78 is 13.8. The zero-order valence-electron chi connectivity index (χ0n) is 10.8. The first-order valence-electron chi connectivity index (χ1n) is 6.60. The third kappa shape index (κ3) is 3.22. The number of hydrogen-bond acceptors (Lipinski definition) is 2. The molecule has 1 aliphatic rings. The van der Waals surface area contributed by atoms with Crippen molar-refractivity contribution in [1.29, 1.82) is 0 Å². The van der Waals surface area contributed by atoms with Crippen molar-refractivity contribution in [3.05, 3.63) is 34.6 Å². The van der Waals surface area contributed by atoms with Crippen LogP contribution in [0.1, 0.15) is 25.3 Å². The van der Waals surface area contributed by atoms with Crippen molar-refractivity contribution in [2.24, 2.45) is 0 Å². The third-order valence-electron chi connectivity index (χ3n) is 3.65. The van der Waals surface area contributed by atoms with Crippen LogP contribution in [-0.2, 0) is 6.54 Å². The Kier molecular flexibility index (Phi) is 4.98. The Balaban J connectivity index is 2.09. The van der Waals surface area contributed by atoms with E-state index in [1.165, 1.54) is 6.07 Å². The van der Waals surface area contributed by atoms with E-state index in [-0.39, 0.29) is 5.82 Å². The Morgan fingerprint density at radius 2 is 2.11 bits per heavy atom. The van der Waals surface area contributed by atoms with Gasteiger partial charge in [0.05, 0.1) is 0 Å². The van der Waals surface area contributed by atoms with E-state index in [9.17, 15) is 4.39 Å². The molecule has 4 heteroatoms. The van der Waals surface area contributed by atoms with Gasteiger partial charge in [-0.05, 0) is 44.6 Å². The highest BCUT2D eigenvalue weighted by Crippen LogP contribution is 2.23. The summed E-state index contributed by atoms with van der Waals surface area (Å²) in [5.74, 6) is -0.199. The Morgan fingerprint density at radius 3 is 2.72 bits per heavy atom. The SMILES string of the molecule is CCN(Cc1c(F)cccc1Cl)C1CCNCC1. The summed E-state index contributed by atoms with van der Waals surface area (Å²) >= 11 is 6.09. The average Bonchev–Trinajstić information content (AvgIpc) is 2.40. The van der Waals surface area contributed by atoms with Gasteiger partial charge < -0.3 is 5.32 Å². The molecule has 0 aromatic heterocycles. The second kappa shape index (κ2) is 6.50. The molecule has 1 aliphatic heterocycles. The normalized spacial score (nSPS) is 17.3. The second-order valence-corrected chi connectivity index (χ2v) is 5.15. The number of piperidine rings is 1. The largest absolute Gasteiger partial charge is 0.317 e. The Morgan fingerprint density at radius 1 is 1.39 bits per heavy atom. The number of halogens is 2.